The molecule has 2 rings (SSSR count). The van der Waals surface area contributed by atoms with Gasteiger partial charge < -0.3 is 11.1 Å². The van der Waals surface area contributed by atoms with Gasteiger partial charge in [0.2, 0.25) is 0 Å². The quantitative estimate of drug-likeness (QED) is 0.855. The number of rotatable bonds is 3. The third-order valence-electron chi connectivity index (χ3n) is 2.58. The standard InChI is InChI=1S/C14H10ClFN2OS/c15-9-4-5-11(12(16)7-9)14(19)18-10-3-1-2-8(6-10)13(17)20/h1-7H,(H2,17,20)(H,18,19). The van der Waals surface area contributed by atoms with Crippen LogP contribution in [0.4, 0.5) is 10.1 Å². The molecule has 0 spiro atoms. The first-order valence-corrected chi connectivity index (χ1v) is 6.42. The van der Waals surface area contributed by atoms with Crippen molar-refractivity contribution < 1.29 is 9.18 Å². The third-order valence-corrected chi connectivity index (χ3v) is 3.05. The molecule has 1 amide bonds. The number of carbonyl (C=O) groups excluding carboxylic acids is 1. The number of nitrogens with two attached hydrogens (primary N) is 1. The largest absolute Gasteiger partial charge is 0.389 e. The Morgan fingerprint density at radius 3 is 2.65 bits per heavy atom. The molecule has 3 N–H and O–H groups in total. The van der Waals surface area contributed by atoms with E-state index in [4.69, 9.17) is 29.6 Å². The van der Waals surface area contributed by atoms with Crippen LogP contribution in [0.3, 0.4) is 0 Å². The minimum atomic E-state index is -0.680. The van der Waals surface area contributed by atoms with Crippen molar-refractivity contribution in [3.63, 3.8) is 0 Å². The van der Waals surface area contributed by atoms with Crippen molar-refractivity contribution in [2.75, 3.05) is 5.32 Å². The summed E-state index contributed by atoms with van der Waals surface area (Å²) in [7, 11) is 0. The van der Waals surface area contributed by atoms with E-state index < -0.39 is 11.7 Å². The molecule has 102 valence electrons. The number of benzene rings is 2. The molecule has 0 heterocycles. The zero-order valence-electron chi connectivity index (χ0n) is 10.2. The Morgan fingerprint density at radius 1 is 1.25 bits per heavy atom. The van der Waals surface area contributed by atoms with Crippen molar-refractivity contribution in [3.8, 4) is 0 Å². The molecule has 0 fully saturated rings. The van der Waals surface area contributed by atoms with E-state index in [0.717, 1.165) is 6.07 Å². The Morgan fingerprint density at radius 2 is 2.00 bits per heavy atom. The summed E-state index contributed by atoms with van der Waals surface area (Å²) < 4.78 is 13.6. The second kappa shape index (κ2) is 5.98. The number of amides is 1. The van der Waals surface area contributed by atoms with Gasteiger partial charge in [-0.25, -0.2) is 4.39 Å². The van der Waals surface area contributed by atoms with Crippen molar-refractivity contribution in [2.24, 2.45) is 5.73 Å². The maximum atomic E-state index is 13.6. The predicted molar refractivity (Wildman–Crippen MR) is 81.7 cm³/mol. The Bertz CT molecular complexity index is 691. The average Bonchev–Trinajstić information content (AvgIpc) is 2.38. The molecule has 0 aliphatic heterocycles. The number of carbonyl (C=O) groups is 1. The van der Waals surface area contributed by atoms with Crippen LogP contribution in [0.5, 0.6) is 0 Å². The van der Waals surface area contributed by atoms with Crippen LogP contribution in [0, 0.1) is 5.82 Å². The van der Waals surface area contributed by atoms with Gasteiger partial charge in [0.15, 0.2) is 0 Å². The molecule has 2 aromatic rings. The second-order valence-electron chi connectivity index (χ2n) is 4.02. The minimum absolute atomic E-state index is 0.0878. The fourth-order valence-corrected chi connectivity index (χ4v) is 1.91. The lowest BCUT2D eigenvalue weighted by Crippen LogP contribution is -2.15. The fraction of sp³-hybridized carbons (Fsp3) is 0. The summed E-state index contributed by atoms with van der Waals surface area (Å²) in [6.07, 6.45) is 0. The number of halogens is 2. The molecule has 0 atom stereocenters. The van der Waals surface area contributed by atoms with Gasteiger partial charge in [0.1, 0.15) is 10.8 Å². The van der Waals surface area contributed by atoms with Crippen LogP contribution in [0.1, 0.15) is 15.9 Å². The number of anilines is 1. The first-order chi connectivity index (χ1) is 9.47. The SMILES string of the molecule is NC(=S)c1cccc(NC(=O)c2ccc(Cl)cc2F)c1. The Kier molecular flexibility index (Phi) is 4.32. The zero-order chi connectivity index (χ0) is 14.7. The number of hydrogen-bond acceptors (Lipinski definition) is 2. The number of hydrogen-bond donors (Lipinski definition) is 2. The maximum Gasteiger partial charge on any atom is 0.258 e. The molecule has 0 unspecified atom stereocenters. The molecule has 0 saturated carbocycles. The van der Waals surface area contributed by atoms with E-state index in [0.29, 0.717) is 11.3 Å². The molecular weight excluding hydrogens is 299 g/mol. The summed E-state index contributed by atoms with van der Waals surface area (Å²) in [6, 6.07) is 10.6. The van der Waals surface area contributed by atoms with Crippen molar-refractivity contribution in [2.45, 2.75) is 0 Å². The molecule has 0 saturated heterocycles. The van der Waals surface area contributed by atoms with Crippen molar-refractivity contribution >= 4 is 40.4 Å². The van der Waals surface area contributed by atoms with Crippen LogP contribution in [-0.2, 0) is 0 Å². The first kappa shape index (κ1) is 14.4. The minimum Gasteiger partial charge on any atom is -0.389 e. The highest BCUT2D eigenvalue weighted by molar-refractivity contribution is 7.80. The molecule has 6 heteroatoms. The first-order valence-electron chi connectivity index (χ1n) is 5.63. The molecule has 0 aromatic heterocycles. The smallest absolute Gasteiger partial charge is 0.258 e. The summed E-state index contributed by atoms with van der Waals surface area (Å²) in [6.45, 7) is 0. The van der Waals surface area contributed by atoms with Gasteiger partial charge in [-0.1, -0.05) is 36.0 Å². The molecule has 0 radical (unpaired) electrons. The van der Waals surface area contributed by atoms with Gasteiger partial charge in [-0.05, 0) is 30.3 Å². The Balaban J connectivity index is 2.23. The fourth-order valence-electron chi connectivity index (χ4n) is 1.62. The van der Waals surface area contributed by atoms with Crippen molar-refractivity contribution in [1.82, 2.24) is 0 Å². The van der Waals surface area contributed by atoms with Crippen molar-refractivity contribution in [1.29, 1.82) is 0 Å². The number of nitrogens with one attached hydrogen (secondary N) is 1. The highest BCUT2D eigenvalue weighted by Gasteiger charge is 2.12. The normalized spacial score (nSPS) is 10.1. The average molecular weight is 309 g/mol. The van der Waals surface area contributed by atoms with Crippen LogP contribution >= 0.6 is 23.8 Å². The van der Waals surface area contributed by atoms with Gasteiger partial charge in [-0.3, -0.25) is 4.79 Å². The van der Waals surface area contributed by atoms with Gasteiger partial charge in [-0.2, -0.15) is 0 Å². The van der Waals surface area contributed by atoms with E-state index in [1.807, 2.05) is 0 Å². The molecule has 0 aliphatic rings. The molecule has 3 nitrogen and oxygen atoms in total. The van der Waals surface area contributed by atoms with Crippen molar-refractivity contribution in [3.05, 3.63) is 64.4 Å². The van der Waals surface area contributed by atoms with Crippen LogP contribution in [0.2, 0.25) is 5.02 Å². The van der Waals surface area contributed by atoms with E-state index in [-0.39, 0.29) is 15.6 Å². The Labute approximate surface area is 125 Å². The lowest BCUT2D eigenvalue weighted by Gasteiger charge is -2.07. The lowest BCUT2D eigenvalue weighted by molar-refractivity contribution is 0.102. The topological polar surface area (TPSA) is 55.1 Å². The van der Waals surface area contributed by atoms with E-state index in [2.05, 4.69) is 5.32 Å². The Hall–Kier alpha value is -1.98. The van der Waals surface area contributed by atoms with E-state index in [1.165, 1.54) is 12.1 Å². The monoisotopic (exact) mass is 308 g/mol. The summed E-state index contributed by atoms with van der Waals surface area (Å²) >= 11 is 10.5. The maximum absolute atomic E-state index is 13.6. The van der Waals surface area contributed by atoms with Crippen LogP contribution in [0.15, 0.2) is 42.5 Å². The van der Waals surface area contributed by atoms with Crippen LogP contribution in [-0.4, -0.2) is 10.9 Å². The van der Waals surface area contributed by atoms with Gasteiger partial charge in [0, 0.05) is 16.3 Å². The van der Waals surface area contributed by atoms with Gasteiger partial charge in [-0.15, -0.1) is 0 Å². The zero-order valence-corrected chi connectivity index (χ0v) is 11.8. The summed E-state index contributed by atoms with van der Waals surface area (Å²) in [5.41, 5.74) is 6.52. The molecule has 0 aliphatic carbocycles. The summed E-state index contributed by atoms with van der Waals surface area (Å²) in [5.74, 6) is -1.25. The van der Waals surface area contributed by atoms with Gasteiger partial charge in [0.05, 0.1) is 5.56 Å². The van der Waals surface area contributed by atoms with E-state index in [9.17, 15) is 9.18 Å². The van der Waals surface area contributed by atoms with Crippen LogP contribution in [0.25, 0.3) is 0 Å². The molecular formula is C14H10ClFN2OS. The van der Waals surface area contributed by atoms with E-state index in [1.54, 1.807) is 24.3 Å². The highest BCUT2D eigenvalue weighted by Crippen LogP contribution is 2.17. The van der Waals surface area contributed by atoms with Crippen LogP contribution < -0.4 is 11.1 Å². The number of thiocarbonyl (C=S) groups is 1. The summed E-state index contributed by atoms with van der Waals surface area (Å²) in [4.78, 5) is 12.2. The van der Waals surface area contributed by atoms with Gasteiger partial charge >= 0.3 is 0 Å². The molecule has 0 bridgehead atoms. The predicted octanol–water partition coefficient (Wildman–Crippen LogP) is 3.37. The third kappa shape index (κ3) is 3.31. The molecule has 20 heavy (non-hydrogen) atoms. The highest BCUT2D eigenvalue weighted by atomic mass is 35.5. The second-order valence-corrected chi connectivity index (χ2v) is 4.90. The van der Waals surface area contributed by atoms with Gasteiger partial charge in [0.25, 0.3) is 5.91 Å². The summed E-state index contributed by atoms with van der Waals surface area (Å²) in [5, 5.41) is 2.81. The van der Waals surface area contributed by atoms with E-state index >= 15 is 0 Å². The molecule has 2 aromatic carbocycles. The lowest BCUT2D eigenvalue weighted by atomic mass is 10.1.